The van der Waals surface area contributed by atoms with Gasteiger partial charge in [0.1, 0.15) is 17.1 Å². The third-order valence-electron chi connectivity index (χ3n) is 14.3. The Hall–Kier alpha value is -8.60. The molecule has 1 aromatic heterocycles. The molecule has 0 radical (unpaired) electrons. The molecule has 67 heavy (non-hydrogen) atoms. The highest BCUT2D eigenvalue weighted by Crippen LogP contribution is 2.63. The Morgan fingerprint density at radius 1 is 0.448 bits per heavy atom. The topological polar surface area (TPSA) is 28.9 Å². The highest BCUT2D eigenvalue weighted by molar-refractivity contribution is 6.21. The molecule has 14 rings (SSSR count). The van der Waals surface area contributed by atoms with E-state index in [1.807, 2.05) is 0 Å². The van der Waals surface area contributed by atoms with Crippen molar-refractivity contribution in [2.45, 2.75) is 18.3 Å². The number of hydrogen-bond acceptors (Lipinski definition) is 4. The molecule has 1 aliphatic heterocycles. The fraction of sp³-hybridized carbons (Fsp3) is 0.0476. The summed E-state index contributed by atoms with van der Waals surface area (Å²) in [6.07, 6.45) is 6.48. The number of nitrogens with zero attached hydrogens (tertiary/aromatic N) is 2. The van der Waals surface area contributed by atoms with Crippen molar-refractivity contribution in [1.29, 1.82) is 0 Å². The van der Waals surface area contributed by atoms with Crippen LogP contribution in [-0.2, 0) is 11.8 Å². The van der Waals surface area contributed by atoms with Crippen LogP contribution in [0.2, 0.25) is 0 Å². The first-order valence-electron chi connectivity index (χ1n) is 23.2. The van der Waals surface area contributed by atoms with Crippen molar-refractivity contribution in [2.75, 3.05) is 9.80 Å². The molecule has 0 saturated carbocycles. The fourth-order valence-electron chi connectivity index (χ4n) is 11.6. The Balaban J connectivity index is 1.02. The second kappa shape index (κ2) is 14.7. The predicted octanol–water partition coefficient (Wildman–Crippen LogP) is 17.1. The van der Waals surface area contributed by atoms with Crippen LogP contribution in [-0.4, -0.2) is 0 Å². The number of para-hydroxylation sites is 4. The van der Waals surface area contributed by atoms with Crippen molar-refractivity contribution in [3.05, 3.63) is 258 Å². The van der Waals surface area contributed by atoms with Crippen LogP contribution in [0.3, 0.4) is 0 Å². The van der Waals surface area contributed by atoms with E-state index in [1.165, 1.54) is 33.4 Å². The van der Waals surface area contributed by atoms with Gasteiger partial charge >= 0.3 is 0 Å². The lowest BCUT2D eigenvalue weighted by Gasteiger charge is -2.40. The summed E-state index contributed by atoms with van der Waals surface area (Å²) in [5.41, 5.74) is 17.3. The van der Waals surface area contributed by atoms with Crippen LogP contribution in [0.1, 0.15) is 39.8 Å². The minimum atomic E-state index is -0.542. The smallest absolute Gasteiger partial charge is 0.160 e. The molecule has 2 aliphatic carbocycles. The van der Waals surface area contributed by atoms with Crippen LogP contribution < -0.4 is 14.5 Å². The molecular weight excluding hydrogens is 817 g/mol. The Morgan fingerprint density at radius 3 is 1.73 bits per heavy atom. The summed E-state index contributed by atoms with van der Waals surface area (Å²) in [6, 6.07) is 78.6. The van der Waals surface area contributed by atoms with Crippen LogP contribution >= 0.6 is 0 Å². The van der Waals surface area contributed by atoms with Crippen LogP contribution in [0.5, 0.6) is 11.5 Å². The minimum absolute atomic E-state index is 0.542. The van der Waals surface area contributed by atoms with E-state index in [0.29, 0.717) is 0 Å². The molecule has 3 aliphatic rings. The molecule has 0 fully saturated rings. The Bertz CT molecular complexity index is 3710. The number of ether oxygens (including phenoxy) is 1. The second-order valence-corrected chi connectivity index (χ2v) is 17.8. The lowest BCUT2D eigenvalue weighted by atomic mass is 9.66. The van der Waals surface area contributed by atoms with E-state index in [2.05, 4.69) is 240 Å². The largest absolute Gasteiger partial charge is 0.457 e. The average Bonchev–Trinajstić information content (AvgIpc) is 3.91. The zero-order valence-corrected chi connectivity index (χ0v) is 36.6. The van der Waals surface area contributed by atoms with E-state index < -0.39 is 5.41 Å². The molecule has 0 bridgehead atoms. The first kappa shape index (κ1) is 37.7. The van der Waals surface area contributed by atoms with Gasteiger partial charge in [0.05, 0.1) is 16.8 Å². The molecule has 2 heterocycles. The van der Waals surface area contributed by atoms with Crippen molar-refractivity contribution in [3.63, 3.8) is 0 Å². The van der Waals surface area contributed by atoms with Crippen molar-refractivity contribution >= 4 is 72.9 Å². The molecule has 0 atom stereocenters. The summed E-state index contributed by atoms with van der Waals surface area (Å²) in [7, 11) is 0. The van der Waals surface area contributed by atoms with Gasteiger partial charge in [-0.1, -0.05) is 164 Å². The lowest BCUT2D eigenvalue weighted by molar-refractivity contribution is 0.436. The molecular formula is C63H42N2O2. The Labute approximate surface area is 388 Å². The highest BCUT2D eigenvalue weighted by atomic mass is 16.5. The number of furan rings is 1. The van der Waals surface area contributed by atoms with Gasteiger partial charge in [0, 0.05) is 62.2 Å². The van der Waals surface area contributed by atoms with Gasteiger partial charge in [-0.3, -0.25) is 0 Å². The van der Waals surface area contributed by atoms with E-state index >= 15 is 0 Å². The molecule has 4 heteroatoms. The van der Waals surface area contributed by atoms with Crippen molar-refractivity contribution in [3.8, 4) is 22.6 Å². The summed E-state index contributed by atoms with van der Waals surface area (Å²) in [6.45, 7) is 0. The number of anilines is 6. The SMILES string of the molecule is C1=Cc2c(c(N(c3ccccc3)c3ccc4c(c3)Oc3ccccc3C43c4ccccc4-c4ccccc43)cc3oc4c(N(c5ccccc5)c5ccccc5)c5ccccc5cc4c23)CC1. The van der Waals surface area contributed by atoms with Gasteiger partial charge in [0.15, 0.2) is 5.58 Å². The van der Waals surface area contributed by atoms with Gasteiger partial charge in [0.2, 0.25) is 0 Å². The van der Waals surface area contributed by atoms with Gasteiger partial charge in [0.25, 0.3) is 0 Å². The van der Waals surface area contributed by atoms with Crippen molar-refractivity contribution < 1.29 is 9.15 Å². The van der Waals surface area contributed by atoms with Gasteiger partial charge in [-0.25, -0.2) is 0 Å². The van der Waals surface area contributed by atoms with E-state index in [4.69, 9.17) is 9.15 Å². The highest BCUT2D eigenvalue weighted by Gasteiger charge is 2.51. The maximum absolute atomic E-state index is 7.38. The maximum Gasteiger partial charge on any atom is 0.160 e. The van der Waals surface area contributed by atoms with Crippen molar-refractivity contribution in [1.82, 2.24) is 0 Å². The normalized spacial score (nSPS) is 13.7. The molecule has 0 amide bonds. The summed E-state index contributed by atoms with van der Waals surface area (Å²) < 4.78 is 14.4. The molecule has 4 nitrogen and oxygen atoms in total. The van der Waals surface area contributed by atoms with Crippen LogP contribution in [0, 0.1) is 0 Å². The standard InChI is InChI=1S/C63H42N2O2/c1-4-21-42(22-5-1)64(45-36-37-55-58(39-45)66-57-35-19-18-34-54(57)63(55)52-32-16-14-28-47(52)48-29-15-17-33-53(48)63)56-40-59-60(50-31-13-12-30-49(50)56)51-38-41-20-10-11-27-46(41)61(62(51)67-59)65(43-23-6-2-7-24-43)44-25-8-3-9-26-44/h1-11,13-29,31-40H,12,30H2. The van der Waals surface area contributed by atoms with E-state index in [9.17, 15) is 0 Å². The average molecular weight is 859 g/mol. The van der Waals surface area contributed by atoms with Crippen LogP contribution in [0.25, 0.3) is 49.9 Å². The van der Waals surface area contributed by atoms with E-state index in [1.54, 1.807) is 0 Å². The molecule has 1 spiro atoms. The number of rotatable bonds is 6. The monoisotopic (exact) mass is 858 g/mol. The maximum atomic E-state index is 7.38. The minimum Gasteiger partial charge on any atom is -0.457 e. The molecule has 0 saturated heterocycles. The molecule has 0 unspecified atom stereocenters. The zero-order valence-electron chi connectivity index (χ0n) is 36.6. The van der Waals surface area contributed by atoms with Crippen LogP contribution in [0.15, 0.2) is 229 Å². The predicted molar refractivity (Wildman–Crippen MR) is 275 cm³/mol. The zero-order chi connectivity index (χ0) is 44.1. The Morgan fingerprint density at radius 2 is 1.03 bits per heavy atom. The fourth-order valence-corrected chi connectivity index (χ4v) is 11.6. The van der Waals surface area contributed by atoms with Gasteiger partial charge in [-0.2, -0.15) is 0 Å². The van der Waals surface area contributed by atoms with Gasteiger partial charge < -0.3 is 19.0 Å². The van der Waals surface area contributed by atoms with Crippen LogP contribution in [0.4, 0.5) is 34.1 Å². The number of hydrogen-bond donors (Lipinski definition) is 0. The quantitative estimate of drug-likeness (QED) is 0.167. The third-order valence-corrected chi connectivity index (χ3v) is 14.3. The first-order valence-corrected chi connectivity index (χ1v) is 23.2. The first-order chi connectivity index (χ1) is 33.3. The number of benzene rings is 10. The van der Waals surface area contributed by atoms with E-state index in [0.717, 1.165) is 102 Å². The van der Waals surface area contributed by atoms with E-state index in [-0.39, 0.29) is 0 Å². The van der Waals surface area contributed by atoms with Gasteiger partial charge in [-0.15, -0.1) is 0 Å². The number of fused-ring (bicyclic) bond motifs is 15. The molecule has 316 valence electrons. The third kappa shape index (κ3) is 5.47. The number of allylic oxidation sites excluding steroid dienone is 1. The Kier molecular flexibility index (Phi) is 8.29. The van der Waals surface area contributed by atoms with Gasteiger partial charge in [-0.05, 0) is 106 Å². The summed E-state index contributed by atoms with van der Waals surface area (Å²) >= 11 is 0. The molecule has 11 aromatic rings. The lowest BCUT2D eigenvalue weighted by Crippen LogP contribution is -2.32. The van der Waals surface area contributed by atoms with Crippen molar-refractivity contribution in [2.24, 2.45) is 0 Å². The summed E-state index contributed by atoms with van der Waals surface area (Å²) in [4.78, 5) is 4.77. The summed E-state index contributed by atoms with van der Waals surface area (Å²) in [5.74, 6) is 1.72. The second-order valence-electron chi connectivity index (χ2n) is 17.8. The summed E-state index contributed by atoms with van der Waals surface area (Å²) in [5, 5.41) is 4.52. The molecule has 0 N–H and O–H groups in total. The molecule has 10 aromatic carbocycles.